The van der Waals surface area contributed by atoms with Crippen molar-refractivity contribution >= 4 is 22.9 Å². The summed E-state index contributed by atoms with van der Waals surface area (Å²) in [4.78, 5) is 12.9. The summed E-state index contributed by atoms with van der Waals surface area (Å²) in [5.74, 6) is 1.05. The monoisotopic (exact) mass is 232 g/mol. The molecule has 2 heterocycles. The van der Waals surface area contributed by atoms with Crippen LogP contribution >= 0.6 is 0 Å². The van der Waals surface area contributed by atoms with Crippen molar-refractivity contribution in [3.8, 4) is 0 Å². The Bertz CT molecular complexity index is 554. The number of nitrogens with zero attached hydrogens (tertiary/aromatic N) is 4. The second kappa shape index (κ2) is 3.58. The lowest BCUT2D eigenvalue weighted by Crippen LogP contribution is -2.08. The maximum atomic E-state index is 5.75. The summed E-state index contributed by atoms with van der Waals surface area (Å²) in [5.41, 5.74) is 7.35. The predicted molar refractivity (Wildman–Crippen MR) is 66.8 cm³/mol. The van der Waals surface area contributed by atoms with Crippen LogP contribution < -0.4 is 11.1 Å². The van der Waals surface area contributed by atoms with Crippen molar-refractivity contribution in [2.45, 2.75) is 38.8 Å². The van der Waals surface area contributed by atoms with Crippen molar-refractivity contribution < 1.29 is 0 Å². The number of anilines is 2. The second-order valence-electron chi connectivity index (χ2n) is 4.77. The smallest absolute Gasteiger partial charge is 0.224 e. The fraction of sp³-hybridized carbons (Fsp3) is 0.545. The van der Waals surface area contributed by atoms with Crippen LogP contribution in [0.2, 0.25) is 0 Å². The Labute approximate surface area is 99.3 Å². The number of hydrogen-bond acceptors (Lipinski definition) is 5. The van der Waals surface area contributed by atoms with Gasteiger partial charge in [-0.25, -0.2) is 4.98 Å². The Morgan fingerprint density at radius 3 is 2.82 bits per heavy atom. The second-order valence-corrected chi connectivity index (χ2v) is 4.77. The highest BCUT2D eigenvalue weighted by molar-refractivity contribution is 5.84. The number of aromatic nitrogens is 4. The molecule has 1 fully saturated rings. The maximum absolute atomic E-state index is 5.75. The molecule has 1 aliphatic carbocycles. The van der Waals surface area contributed by atoms with Gasteiger partial charge in [0.1, 0.15) is 0 Å². The minimum absolute atomic E-state index is 0.294. The van der Waals surface area contributed by atoms with E-state index in [4.69, 9.17) is 5.73 Å². The van der Waals surface area contributed by atoms with Crippen molar-refractivity contribution in [2.24, 2.45) is 0 Å². The molecule has 2 aromatic rings. The molecule has 0 spiro atoms. The van der Waals surface area contributed by atoms with E-state index in [-0.39, 0.29) is 0 Å². The molecule has 90 valence electrons. The number of hydrogen-bond donors (Lipinski definition) is 2. The molecule has 0 aliphatic heterocycles. The van der Waals surface area contributed by atoms with Gasteiger partial charge in [-0.1, -0.05) is 0 Å². The van der Waals surface area contributed by atoms with Crippen LogP contribution in [-0.4, -0.2) is 25.6 Å². The summed E-state index contributed by atoms with van der Waals surface area (Å²) >= 11 is 0. The van der Waals surface area contributed by atoms with Crippen molar-refractivity contribution in [3.05, 3.63) is 6.33 Å². The lowest BCUT2D eigenvalue weighted by molar-refractivity contribution is 0.613. The number of nitrogen functional groups attached to an aromatic ring is 1. The summed E-state index contributed by atoms with van der Waals surface area (Å²) in [6.07, 6.45) is 4.17. The molecule has 3 N–H and O–H groups in total. The van der Waals surface area contributed by atoms with Gasteiger partial charge >= 0.3 is 0 Å². The van der Waals surface area contributed by atoms with E-state index >= 15 is 0 Å². The van der Waals surface area contributed by atoms with E-state index in [9.17, 15) is 0 Å². The topological polar surface area (TPSA) is 81.7 Å². The van der Waals surface area contributed by atoms with E-state index in [2.05, 4.69) is 34.1 Å². The minimum atomic E-state index is 0.294. The molecule has 6 nitrogen and oxygen atoms in total. The summed E-state index contributed by atoms with van der Waals surface area (Å²) in [6, 6.07) is 0.833. The van der Waals surface area contributed by atoms with Crippen LogP contribution in [0.15, 0.2) is 6.33 Å². The third-order valence-electron chi connectivity index (χ3n) is 2.91. The first kappa shape index (κ1) is 10.3. The zero-order valence-corrected chi connectivity index (χ0v) is 10.0. The van der Waals surface area contributed by atoms with Crippen LogP contribution in [0, 0.1) is 0 Å². The molecule has 0 unspecified atom stereocenters. The Balaban J connectivity index is 2.14. The van der Waals surface area contributed by atoms with Crippen LogP contribution in [0.1, 0.15) is 32.7 Å². The average molecular weight is 232 g/mol. The Morgan fingerprint density at radius 2 is 2.18 bits per heavy atom. The average Bonchev–Trinajstić information content (AvgIpc) is 2.94. The van der Waals surface area contributed by atoms with Crippen molar-refractivity contribution in [1.82, 2.24) is 19.5 Å². The Hall–Kier alpha value is -1.85. The predicted octanol–water partition coefficient (Wildman–Crippen LogP) is 1.56. The third-order valence-corrected chi connectivity index (χ3v) is 2.91. The van der Waals surface area contributed by atoms with Crippen LogP contribution in [0.25, 0.3) is 11.2 Å². The normalized spacial score (nSPS) is 15.7. The number of nitrogens with one attached hydrogen (secondary N) is 1. The van der Waals surface area contributed by atoms with Gasteiger partial charge in [-0.15, -0.1) is 0 Å². The molecule has 0 saturated heterocycles. The molecule has 0 bridgehead atoms. The van der Waals surface area contributed by atoms with Crippen molar-refractivity contribution in [1.29, 1.82) is 0 Å². The van der Waals surface area contributed by atoms with Gasteiger partial charge in [0.15, 0.2) is 17.0 Å². The zero-order valence-electron chi connectivity index (χ0n) is 10.0. The molecule has 2 aromatic heterocycles. The highest BCUT2D eigenvalue weighted by atomic mass is 15.2. The van der Waals surface area contributed by atoms with E-state index in [1.165, 1.54) is 12.8 Å². The highest BCUT2D eigenvalue weighted by Crippen LogP contribution is 2.28. The molecule has 0 aromatic carbocycles. The van der Waals surface area contributed by atoms with Gasteiger partial charge in [-0.2, -0.15) is 9.97 Å². The molecule has 1 saturated carbocycles. The van der Waals surface area contributed by atoms with E-state index in [0.29, 0.717) is 18.0 Å². The van der Waals surface area contributed by atoms with Gasteiger partial charge < -0.3 is 15.6 Å². The number of nitrogens with two attached hydrogens (primary N) is 1. The lowest BCUT2D eigenvalue weighted by atomic mass is 10.4. The fourth-order valence-electron chi connectivity index (χ4n) is 1.83. The van der Waals surface area contributed by atoms with Gasteiger partial charge in [-0.3, -0.25) is 0 Å². The number of fused-ring (bicyclic) bond motifs is 1. The van der Waals surface area contributed by atoms with E-state index in [0.717, 1.165) is 17.0 Å². The number of rotatable bonds is 3. The summed E-state index contributed by atoms with van der Waals surface area (Å²) in [7, 11) is 0. The molecule has 17 heavy (non-hydrogen) atoms. The summed E-state index contributed by atoms with van der Waals surface area (Å²) in [5, 5.41) is 3.34. The fourth-order valence-corrected chi connectivity index (χ4v) is 1.83. The molecule has 0 amide bonds. The molecular formula is C11H16N6. The molecule has 1 aliphatic rings. The molecule has 3 rings (SSSR count). The number of imidazole rings is 1. The van der Waals surface area contributed by atoms with E-state index in [1.54, 1.807) is 6.33 Å². The van der Waals surface area contributed by atoms with Gasteiger partial charge in [0.25, 0.3) is 0 Å². The van der Waals surface area contributed by atoms with Gasteiger partial charge in [-0.05, 0) is 26.7 Å². The largest absolute Gasteiger partial charge is 0.368 e. The zero-order chi connectivity index (χ0) is 12.0. The highest BCUT2D eigenvalue weighted by Gasteiger charge is 2.24. The quantitative estimate of drug-likeness (QED) is 0.839. The molecule has 0 atom stereocenters. The van der Waals surface area contributed by atoms with Gasteiger partial charge in [0.05, 0.1) is 6.33 Å². The molecular weight excluding hydrogens is 216 g/mol. The summed E-state index contributed by atoms with van der Waals surface area (Å²) < 4.78 is 2.01. The third kappa shape index (κ3) is 1.79. The molecule has 6 heteroatoms. The van der Waals surface area contributed by atoms with Gasteiger partial charge in [0, 0.05) is 12.1 Å². The lowest BCUT2D eigenvalue weighted by Gasteiger charge is -2.09. The minimum Gasteiger partial charge on any atom is -0.368 e. The standard InChI is InChI=1S/C11H16N6/c1-6(2)17-5-13-8-9(14-7-3-4-7)15-11(12)16-10(8)17/h5-7H,3-4H2,1-2H3,(H3,12,14,15,16). The van der Waals surface area contributed by atoms with E-state index < -0.39 is 0 Å². The Morgan fingerprint density at radius 1 is 1.41 bits per heavy atom. The van der Waals surface area contributed by atoms with Crippen LogP contribution in [0.4, 0.5) is 11.8 Å². The van der Waals surface area contributed by atoms with E-state index in [1.807, 2.05) is 4.57 Å². The van der Waals surface area contributed by atoms with Gasteiger partial charge in [0.2, 0.25) is 5.95 Å². The molecule has 0 radical (unpaired) electrons. The van der Waals surface area contributed by atoms with Crippen molar-refractivity contribution in [2.75, 3.05) is 11.1 Å². The van der Waals surface area contributed by atoms with Crippen LogP contribution in [0.5, 0.6) is 0 Å². The van der Waals surface area contributed by atoms with Crippen LogP contribution in [0.3, 0.4) is 0 Å². The Kier molecular flexibility index (Phi) is 2.17. The SMILES string of the molecule is CC(C)n1cnc2c(NC3CC3)nc(N)nc21. The maximum Gasteiger partial charge on any atom is 0.224 e. The first-order valence-corrected chi connectivity index (χ1v) is 5.91. The van der Waals surface area contributed by atoms with Crippen molar-refractivity contribution in [3.63, 3.8) is 0 Å². The van der Waals surface area contributed by atoms with Crippen LogP contribution in [-0.2, 0) is 0 Å². The first-order chi connectivity index (χ1) is 8.15. The first-order valence-electron chi connectivity index (χ1n) is 5.91. The summed E-state index contributed by atoms with van der Waals surface area (Å²) in [6.45, 7) is 4.18.